The number of rotatable bonds is 11. The van der Waals surface area contributed by atoms with Gasteiger partial charge in [-0.3, -0.25) is 0 Å². The van der Waals surface area contributed by atoms with Gasteiger partial charge in [-0.05, 0) is 24.6 Å². The van der Waals surface area contributed by atoms with Gasteiger partial charge in [0, 0.05) is 31.0 Å². The molecule has 0 fully saturated rings. The molecule has 0 unspecified atom stereocenters. The van der Waals surface area contributed by atoms with E-state index in [1.54, 1.807) is 7.11 Å². The van der Waals surface area contributed by atoms with E-state index in [1.807, 2.05) is 42.5 Å². The quantitative estimate of drug-likeness (QED) is 0.616. The third-order valence-electron chi connectivity index (χ3n) is 3.60. The summed E-state index contributed by atoms with van der Waals surface area (Å²) < 4.78 is 16.5. The van der Waals surface area contributed by atoms with Gasteiger partial charge in [0.1, 0.15) is 18.1 Å². The van der Waals surface area contributed by atoms with Crippen LogP contribution in [-0.4, -0.2) is 26.9 Å². The van der Waals surface area contributed by atoms with E-state index in [9.17, 15) is 0 Å². The molecule has 2 rings (SSSR count). The first-order chi connectivity index (χ1) is 11.8. The van der Waals surface area contributed by atoms with E-state index in [4.69, 9.17) is 14.2 Å². The summed E-state index contributed by atoms with van der Waals surface area (Å²) in [6.07, 6.45) is 2.21. The fourth-order valence-electron chi connectivity index (χ4n) is 2.25. The Morgan fingerprint density at radius 3 is 2.62 bits per heavy atom. The normalized spacial score (nSPS) is 10.4. The van der Waals surface area contributed by atoms with Crippen molar-refractivity contribution in [2.45, 2.75) is 26.3 Å². The van der Waals surface area contributed by atoms with Crippen molar-refractivity contribution in [1.29, 1.82) is 0 Å². The van der Waals surface area contributed by atoms with Crippen molar-refractivity contribution in [3.63, 3.8) is 0 Å². The maximum atomic E-state index is 5.88. The van der Waals surface area contributed by atoms with Gasteiger partial charge in [0.05, 0.1) is 13.2 Å². The molecule has 1 N–H and O–H groups in total. The summed E-state index contributed by atoms with van der Waals surface area (Å²) >= 11 is 0. The van der Waals surface area contributed by atoms with Crippen molar-refractivity contribution in [3.05, 3.63) is 54.1 Å². The summed E-state index contributed by atoms with van der Waals surface area (Å²) in [7, 11) is 1.67. The number of hydrogen-bond acceptors (Lipinski definition) is 4. The molecule has 2 aromatic rings. The largest absolute Gasteiger partial charge is 0.493 e. The molecule has 0 saturated heterocycles. The van der Waals surface area contributed by atoms with Gasteiger partial charge in [-0.2, -0.15) is 0 Å². The van der Waals surface area contributed by atoms with Crippen LogP contribution in [0.4, 0.5) is 5.69 Å². The van der Waals surface area contributed by atoms with Gasteiger partial charge in [0.2, 0.25) is 0 Å². The summed E-state index contributed by atoms with van der Waals surface area (Å²) in [4.78, 5) is 0. The number of anilines is 1. The molecular weight excluding hydrogens is 302 g/mol. The summed E-state index contributed by atoms with van der Waals surface area (Å²) in [5.41, 5.74) is 2.17. The van der Waals surface area contributed by atoms with Crippen molar-refractivity contribution in [3.8, 4) is 11.5 Å². The maximum absolute atomic E-state index is 5.88. The van der Waals surface area contributed by atoms with E-state index in [2.05, 4.69) is 18.3 Å². The van der Waals surface area contributed by atoms with Crippen LogP contribution in [0, 0.1) is 0 Å². The number of nitrogens with one attached hydrogen (secondary N) is 1. The molecule has 0 spiro atoms. The number of hydrogen-bond donors (Lipinski definition) is 1. The van der Waals surface area contributed by atoms with Crippen LogP contribution in [0.1, 0.15) is 25.3 Å². The average molecular weight is 329 g/mol. The molecule has 0 atom stereocenters. The summed E-state index contributed by atoms with van der Waals surface area (Å²) in [6.45, 7) is 4.77. The van der Waals surface area contributed by atoms with E-state index in [1.165, 1.54) is 0 Å². The van der Waals surface area contributed by atoms with Crippen molar-refractivity contribution in [2.24, 2.45) is 0 Å². The highest BCUT2D eigenvalue weighted by Gasteiger charge is 2.03. The van der Waals surface area contributed by atoms with Crippen LogP contribution >= 0.6 is 0 Å². The molecule has 0 aliphatic heterocycles. The second kappa shape index (κ2) is 10.6. The Labute approximate surface area is 144 Å². The first-order valence-corrected chi connectivity index (χ1v) is 8.50. The molecule has 130 valence electrons. The highest BCUT2D eigenvalue weighted by atomic mass is 16.5. The summed E-state index contributed by atoms with van der Waals surface area (Å²) in [5, 5.41) is 3.43. The number of para-hydroxylation sites is 1. The van der Waals surface area contributed by atoms with Crippen LogP contribution in [-0.2, 0) is 11.3 Å². The van der Waals surface area contributed by atoms with Gasteiger partial charge in [-0.25, -0.2) is 0 Å². The van der Waals surface area contributed by atoms with Crippen LogP contribution in [0.3, 0.4) is 0 Å². The predicted molar refractivity (Wildman–Crippen MR) is 98.0 cm³/mol. The minimum atomic E-state index is 0.550. The number of benzene rings is 2. The van der Waals surface area contributed by atoms with Crippen molar-refractivity contribution >= 4 is 5.69 Å². The second-order valence-corrected chi connectivity index (χ2v) is 5.53. The molecule has 4 nitrogen and oxygen atoms in total. The Hall–Kier alpha value is -2.20. The van der Waals surface area contributed by atoms with Crippen molar-refractivity contribution in [1.82, 2.24) is 0 Å². The Kier molecular flexibility index (Phi) is 7.98. The van der Waals surface area contributed by atoms with E-state index < -0.39 is 0 Å². The van der Waals surface area contributed by atoms with Crippen LogP contribution in [0.15, 0.2) is 48.5 Å². The molecule has 4 heteroatoms. The summed E-state index contributed by atoms with van der Waals surface area (Å²) in [6, 6.07) is 16.1. The third-order valence-corrected chi connectivity index (χ3v) is 3.60. The lowest BCUT2D eigenvalue weighted by Gasteiger charge is -2.13. The zero-order valence-electron chi connectivity index (χ0n) is 14.6. The van der Waals surface area contributed by atoms with Gasteiger partial charge < -0.3 is 19.5 Å². The lowest BCUT2D eigenvalue weighted by Crippen LogP contribution is -2.06. The first kappa shape index (κ1) is 18.1. The van der Waals surface area contributed by atoms with Gasteiger partial charge in [0.25, 0.3) is 0 Å². The lowest BCUT2D eigenvalue weighted by atomic mass is 10.2. The maximum Gasteiger partial charge on any atom is 0.124 e. The number of ether oxygens (including phenoxy) is 3. The van der Waals surface area contributed by atoms with Crippen LogP contribution < -0.4 is 14.8 Å². The van der Waals surface area contributed by atoms with E-state index in [0.717, 1.165) is 42.2 Å². The zero-order valence-corrected chi connectivity index (χ0v) is 14.6. The topological polar surface area (TPSA) is 39.7 Å². The van der Waals surface area contributed by atoms with E-state index in [-0.39, 0.29) is 0 Å². The molecule has 0 heterocycles. The second-order valence-electron chi connectivity index (χ2n) is 5.53. The van der Waals surface area contributed by atoms with Gasteiger partial charge in [-0.1, -0.05) is 37.6 Å². The molecule has 0 aliphatic rings. The Morgan fingerprint density at radius 1 is 0.917 bits per heavy atom. The average Bonchev–Trinajstić information content (AvgIpc) is 2.62. The molecule has 2 aromatic carbocycles. The van der Waals surface area contributed by atoms with Crippen LogP contribution in [0.25, 0.3) is 0 Å². The number of unbranched alkanes of at least 4 members (excludes halogenated alkanes) is 1. The SMILES string of the molecule is CCCCOc1ccccc1CNc1cccc(OCCOC)c1. The summed E-state index contributed by atoms with van der Waals surface area (Å²) in [5.74, 6) is 1.79. The van der Waals surface area contributed by atoms with E-state index in [0.29, 0.717) is 19.8 Å². The van der Waals surface area contributed by atoms with Crippen molar-refractivity contribution < 1.29 is 14.2 Å². The predicted octanol–water partition coefficient (Wildman–Crippen LogP) is 4.50. The smallest absolute Gasteiger partial charge is 0.124 e. The number of methoxy groups -OCH3 is 1. The molecule has 0 aromatic heterocycles. The molecule has 24 heavy (non-hydrogen) atoms. The standard InChI is InChI=1S/C20H27NO3/c1-3-4-12-24-20-11-6-5-8-17(20)16-21-18-9-7-10-19(15-18)23-14-13-22-2/h5-11,15,21H,3-4,12-14,16H2,1-2H3. The van der Waals surface area contributed by atoms with Gasteiger partial charge >= 0.3 is 0 Å². The highest BCUT2D eigenvalue weighted by molar-refractivity contribution is 5.49. The zero-order chi connectivity index (χ0) is 17.0. The molecule has 0 radical (unpaired) electrons. The Balaban J connectivity index is 1.92. The molecule has 0 aliphatic carbocycles. The molecular formula is C20H27NO3. The molecule has 0 bridgehead atoms. The van der Waals surface area contributed by atoms with Gasteiger partial charge in [-0.15, -0.1) is 0 Å². The fourth-order valence-corrected chi connectivity index (χ4v) is 2.25. The van der Waals surface area contributed by atoms with Crippen LogP contribution in [0.2, 0.25) is 0 Å². The van der Waals surface area contributed by atoms with Crippen LogP contribution in [0.5, 0.6) is 11.5 Å². The molecule has 0 saturated carbocycles. The Morgan fingerprint density at radius 2 is 1.79 bits per heavy atom. The minimum Gasteiger partial charge on any atom is -0.493 e. The third kappa shape index (κ3) is 6.13. The highest BCUT2D eigenvalue weighted by Crippen LogP contribution is 2.22. The minimum absolute atomic E-state index is 0.550. The lowest BCUT2D eigenvalue weighted by molar-refractivity contribution is 0.146. The first-order valence-electron chi connectivity index (χ1n) is 8.50. The van der Waals surface area contributed by atoms with Gasteiger partial charge in [0.15, 0.2) is 0 Å². The molecule has 0 amide bonds. The van der Waals surface area contributed by atoms with Crippen molar-refractivity contribution in [2.75, 3.05) is 32.2 Å². The fraction of sp³-hybridized carbons (Fsp3) is 0.400. The Bertz CT molecular complexity index is 601. The van der Waals surface area contributed by atoms with E-state index >= 15 is 0 Å². The monoisotopic (exact) mass is 329 g/mol.